The third kappa shape index (κ3) is 4.23. The minimum Gasteiger partial charge on any atom is -0.465 e. The van der Waals surface area contributed by atoms with Gasteiger partial charge in [-0.15, -0.1) is 0 Å². The number of nitrogens with one attached hydrogen (secondary N) is 2. The minimum absolute atomic E-state index is 0.427. The number of anilines is 1. The lowest BCUT2D eigenvalue weighted by molar-refractivity contribution is -0.126. The molecule has 2 heterocycles. The second-order valence-electron chi connectivity index (χ2n) is 9.35. The van der Waals surface area contributed by atoms with Gasteiger partial charge in [0.05, 0.1) is 28.8 Å². The van der Waals surface area contributed by atoms with E-state index in [9.17, 15) is 14.7 Å². The van der Waals surface area contributed by atoms with Gasteiger partial charge in [0.15, 0.2) is 0 Å². The predicted molar refractivity (Wildman–Crippen MR) is 140 cm³/mol. The van der Waals surface area contributed by atoms with Crippen molar-refractivity contribution in [1.82, 2.24) is 14.9 Å². The first-order valence-electron chi connectivity index (χ1n) is 12.0. The summed E-state index contributed by atoms with van der Waals surface area (Å²) >= 11 is 0. The number of nitrogens with zero attached hydrogens (tertiary/aromatic N) is 2. The molecule has 0 bridgehead atoms. The molecule has 1 fully saturated rings. The van der Waals surface area contributed by atoms with Gasteiger partial charge in [-0.25, -0.2) is 14.6 Å². The molecule has 8 nitrogen and oxygen atoms in total. The molecule has 0 atom stereocenters. The van der Waals surface area contributed by atoms with Crippen LogP contribution in [0.1, 0.15) is 29.5 Å². The molecule has 1 aromatic heterocycles. The van der Waals surface area contributed by atoms with Crippen LogP contribution in [0.25, 0.3) is 22.5 Å². The second-order valence-corrected chi connectivity index (χ2v) is 9.35. The fourth-order valence-electron chi connectivity index (χ4n) is 4.74. The van der Waals surface area contributed by atoms with E-state index >= 15 is 0 Å². The van der Waals surface area contributed by atoms with E-state index in [1.165, 1.54) is 0 Å². The predicted octanol–water partition coefficient (Wildman–Crippen LogP) is 5.24. The topological polar surface area (TPSA) is 105 Å². The number of hydrogen-bond donors (Lipinski definition) is 3. The Morgan fingerprint density at radius 1 is 1.03 bits per heavy atom. The van der Waals surface area contributed by atoms with Crippen LogP contribution in [-0.4, -0.2) is 26.7 Å². The first-order valence-corrected chi connectivity index (χ1v) is 12.0. The smallest absolute Gasteiger partial charge is 0.405 e. The minimum atomic E-state index is -1.04. The summed E-state index contributed by atoms with van der Waals surface area (Å²) in [5, 5.41) is 15.3. The van der Waals surface area contributed by atoms with Gasteiger partial charge in [-0.2, -0.15) is 0 Å². The van der Waals surface area contributed by atoms with Crippen molar-refractivity contribution in [3.8, 4) is 17.0 Å². The number of aromatic nitrogens is 2. The Morgan fingerprint density at radius 2 is 1.76 bits per heavy atom. The number of benzene rings is 3. The van der Waals surface area contributed by atoms with Crippen molar-refractivity contribution in [1.29, 1.82) is 0 Å². The van der Waals surface area contributed by atoms with Crippen LogP contribution < -0.4 is 15.4 Å². The molecule has 3 aromatic carbocycles. The summed E-state index contributed by atoms with van der Waals surface area (Å²) in [5.41, 5.74) is 5.58. The van der Waals surface area contributed by atoms with E-state index < -0.39 is 17.6 Å². The van der Waals surface area contributed by atoms with Crippen LogP contribution in [0.3, 0.4) is 0 Å². The average Bonchev–Trinajstić information content (AvgIpc) is 3.40. The average molecular weight is 493 g/mol. The zero-order valence-corrected chi connectivity index (χ0v) is 20.1. The number of aryl methyl sites for hydroxylation is 1. The molecule has 0 unspecified atom stereocenters. The van der Waals surface area contributed by atoms with Crippen LogP contribution in [0.15, 0.2) is 85.3 Å². The molecule has 8 heteroatoms. The summed E-state index contributed by atoms with van der Waals surface area (Å²) in [6.07, 6.45) is 4.19. The maximum Gasteiger partial charge on any atom is 0.405 e. The standard InChI is InChI=1S/C29H24N4O4/c1-33-16-23(30-17-33)18-8-12-21(13-9-18)31-26(25-22-4-2-3-5-24(22)37-27(25)34)19-6-10-20(11-7-19)29(14-15-29)32-28(35)36/h2-13,16-17,31-32H,14-15H2,1H3,(H,35,36). The molecular formula is C29H24N4O4. The van der Waals surface area contributed by atoms with E-state index in [0.717, 1.165) is 46.5 Å². The van der Waals surface area contributed by atoms with Crippen LogP contribution in [0.4, 0.5) is 10.5 Å². The number of hydrogen-bond acceptors (Lipinski definition) is 5. The maximum absolute atomic E-state index is 13.0. The Labute approximate surface area is 213 Å². The van der Waals surface area contributed by atoms with Gasteiger partial charge in [0.2, 0.25) is 0 Å². The third-order valence-corrected chi connectivity index (χ3v) is 6.79. The molecular weight excluding hydrogens is 468 g/mol. The number of carboxylic acid groups (broad SMARTS) is 1. The summed E-state index contributed by atoms with van der Waals surface area (Å²) in [7, 11) is 1.93. The molecule has 0 radical (unpaired) electrons. The zero-order chi connectivity index (χ0) is 25.6. The Morgan fingerprint density at radius 3 is 2.41 bits per heavy atom. The van der Waals surface area contributed by atoms with Crippen molar-refractivity contribution in [3.05, 3.63) is 102 Å². The van der Waals surface area contributed by atoms with Crippen LogP contribution in [-0.2, 0) is 17.4 Å². The summed E-state index contributed by atoms with van der Waals surface area (Å²) in [6.45, 7) is 0. The lowest BCUT2D eigenvalue weighted by Gasteiger charge is -2.18. The van der Waals surface area contributed by atoms with Crippen LogP contribution in [0, 0.1) is 0 Å². The Bertz CT molecular complexity index is 1550. The van der Waals surface area contributed by atoms with Crippen molar-refractivity contribution >= 4 is 29.0 Å². The summed E-state index contributed by atoms with van der Waals surface area (Å²) in [6, 6.07) is 22.8. The number of ether oxygens (including phenoxy) is 1. The van der Waals surface area contributed by atoms with Gasteiger partial charge in [-0.05, 0) is 42.2 Å². The fraction of sp³-hybridized carbons (Fsp3) is 0.138. The molecule has 0 saturated heterocycles. The van der Waals surface area contributed by atoms with Crippen molar-refractivity contribution in [3.63, 3.8) is 0 Å². The van der Waals surface area contributed by atoms with E-state index in [2.05, 4.69) is 15.6 Å². The van der Waals surface area contributed by atoms with Crippen molar-refractivity contribution in [2.75, 3.05) is 5.32 Å². The molecule has 1 amide bonds. The number of para-hydroxylation sites is 1. The number of carbonyl (C=O) groups is 2. The lowest BCUT2D eigenvalue weighted by Crippen LogP contribution is -2.33. The molecule has 2 aliphatic rings. The molecule has 0 spiro atoms. The largest absolute Gasteiger partial charge is 0.465 e. The van der Waals surface area contributed by atoms with Crippen LogP contribution in [0.2, 0.25) is 0 Å². The number of esters is 1. The highest BCUT2D eigenvalue weighted by Gasteiger charge is 2.45. The highest BCUT2D eigenvalue weighted by atomic mass is 16.5. The number of fused-ring (bicyclic) bond motifs is 1. The number of amides is 1. The highest BCUT2D eigenvalue weighted by Crippen LogP contribution is 2.46. The molecule has 184 valence electrons. The quantitative estimate of drug-likeness (QED) is 0.193. The molecule has 6 rings (SSSR count). The zero-order valence-electron chi connectivity index (χ0n) is 20.1. The Kier molecular flexibility index (Phi) is 5.30. The molecule has 1 saturated carbocycles. The number of carbonyl (C=O) groups excluding carboxylic acids is 1. The third-order valence-electron chi connectivity index (χ3n) is 6.79. The van der Waals surface area contributed by atoms with Crippen molar-refractivity contribution in [2.24, 2.45) is 7.05 Å². The van der Waals surface area contributed by atoms with Gasteiger partial charge in [0, 0.05) is 30.1 Å². The van der Waals surface area contributed by atoms with Gasteiger partial charge in [-0.3, -0.25) is 0 Å². The molecule has 3 N–H and O–H groups in total. The van der Waals surface area contributed by atoms with E-state index in [1.54, 1.807) is 12.4 Å². The van der Waals surface area contributed by atoms with Crippen LogP contribution in [0.5, 0.6) is 5.75 Å². The van der Waals surface area contributed by atoms with E-state index in [0.29, 0.717) is 17.0 Å². The lowest BCUT2D eigenvalue weighted by atomic mass is 9.97. The van der Waals surface area contributed by atoms with Crippen molar-refractivity contribution < 1.29 is 19.4 Å². The highest BCUT2D eigenvalue weighted by molar-refractivity contribution is 6.29. The first kappa shape index (κ1) is 22.6. The van der Waals surface area contributed by atoms with Gasteiger partial charge in [0.25, 0.3) is 0 Å². The summed E-state index contributed by atoms with van der Waals surface area (Å²) in [4.78, 5) is 28.7. The monoisotopic (exact) mass is 492 g/mol. The molecule has 37 heavy (non-hydrogen) atoms. The van der Waals surface area contributed by atoms with E-state index in [-0.39, 0.29) is 0 Å². The molecule has 1 aliphatic carbocycles. The molecule has 1 aliphatic heterocycles. The number of imidazole rings is 1. The summed E-state index contributed by atoms with van der Waals surface area (Å²) in [5.74, 6) is 0.0931. The summed E-state index contributed by atoms with van der Waals surface area (Å²) < 4.78 is 7.45. The Balaban J connectivity index is 1.39. The second kappa shape index (κ2) is 8.67. The van der Waals surface area contributed by atoms with Gasteiger partial charge >= 0.3 is 12.1 Å². The fourth-order valence-corrected chi connectivity index (χ4v) is 4.74. The van der Waals surface area contributed by atoms with Crippen LogP contribution >= 0.6 is 0 Å². The first-order chi connectivity index (χ1) is 17.9. The SMILES string of the molecule is Cn1cnc(-c2ccc(NC(=C3C(=O)Oc4ccccc43)c3ccc(C4(NC(=O)O)CC4)cc3)cc2)c1. The number of rotatable bonds is 6. The Hall–Kier alpha value is -4.85. The normalized spacial score (nSPS) is 16.5. The van der Waals surface area contributed by atoms with Crippen molar-refractivity contribution in [2.45, 2.75) is 18.4 Å². The molecule has 4 aromatic rings. The van der Waals surface area contributed by atoms with Gasteiger partial charge in [0.1, 0.15) is 5.75 Å². The van der Waals surface area contributed by atoms with E-state index in [1.807, 2.05) is 84.5 Å². The van der Waals surface area contributed by atoms with Gasteiger partial charge < -0.3 is 25.0 Å². The maximum atomic E-state index is 13.0. The van der Waals surface area contributed by atoms with E-state index in [4.69, 9.17) is 4.74 Å². The van der Waals surface area contributed by atoms with Gasteiger partial charge in [-0.1, -0.05) is 54.6 Å².